The molecule has 1 fully saturated rings. The van der Waals surface area contributed by atoms with Gasteiger partial charge < -0.3 is 28.5 Å². The minimum Gasteiger partial charge on any atom is -1.00 e. The summed E-state index contributed by atoms with van der Waals surface area (Å²) in [5, 5.41) is 1.13. The maximum atomic E-state index is 3.51. The van der Waals surface area contributed by atoms with Gasteiger partial charge in [0.15, 0.2) is 0 Å². The molecule has 0 radical (unpaired) electrons. The van der Waals surface area contributed by atoms with Crippen molar-refractivity contribution < 1.29 is 28.5 Å². The minimum absolute atomic E-state index is 0. The van der Waals surface area contributed by atoms with E-state index in [2.05, 4.69) is 34.9 Å². The molecule has 2 nitrogen and oxygen atoms in total. The van der Waals surface area contributed by atoms with Crippen LogP contribution < -0.4 is 24.0 Å². The standard InChI is InChI=1S/C8H18BrN2.HI/c1-10-4-7-11(2,6-3-9)8-5-10;/h3-8H2,1-2H3;1H/q+1;/p-1. The summed E-state index contributed by atoms with van der Waals surface area (Å²) in [6, 6.07) is 0. The van der Waals surface area contributed by atoms with Gasteiger partial charge in [0.25, 0.3) is 0 Å². The molecule has 1 saturated heterocycles. The first-order chi connectivity index (χ1) is 5.16. The molecule has 0 saturated carbocycles. The van der Waals surface area contributed by atoms with Crippen molar-refractivity contribution in [2.45, 2.75) is 0 Å². The Morgan fingerprint density at radius 2 is 1.83 bits per heavy atom. The molecule has 0 unspecified atom stereocenters. The highest BCUT2D eigenvalue weighted by Gasteiger charge is 2.25. The summed E-state index contributed by atoms with van der Waals surface area (Å²) < 4.78 is 1.25. The molecule has 0 atom stereocenters. The monoisotopic (exact) mass is 348 g/mol. The molecule has 0 aromatic heterocycles. The second-order valence-corrected chi connectivity index (χ2v) is 4.58. The lowest BCUT2D eigenvalue weighted by Gasteiger charge is -2.40. The largest absolute Gasteiger partial charge is 1.00 e. The summed E-state index contributed by atoms with van der Waals surface area (Å²) in [4.78, 5) is 2.41. The van der Waals surface area contributed by atoms with E-state index in [9.17, 15) is 0 Å². The molecule has 0 amide bonds. The molecule has 1 aliphatic rings. The Morgan fingerprint density at radius 3 is 2.25 bits per heavy atom. The Kier molecular flexibility index (Phi) is 6.32. The van der Waals surface area contributed by atoms with E-state index in [1.807, 2.05) is 0 Å². The summed E-state index contributed by atoms with van der Waals surface area (Å²) in [5.41, 5.74) is 0. The number of hydrogen-bond donors (Lipinski definition) is 0. The van der Waals surface area contributed by atoms with Crippen LogP contribution in [0.5, 0.6) is 0 Å². The van der Waals surface area contributed by atoms with Gasteiger partial charge in [-0.15, -0.1) is 0 Å². The highest BCUT2D eigenvalue weighted by molar-refractivity contribution is 9.09. The fraction of sp³-hybridized carbons (Fsp3) is 1.00. The van der Waals surface area contributed by atoms with Crippen LogP contribution in [0, 0.1) is 0 Å². The van der Waals surface area contributed by atoms with Crippen molar-refractivity contribution in [3.05, 3.63) is 0 Å². The number of rotatable bonds is 2. The van der Waals surface area contributed by atoms with Crippen LogP contribution in [0.25, 0.3) is 0 Å². The first-order valence-electron chi connectivity index (χ1n) is 4.24. The summed E-state index contributed by atoms with van der Waals surface area (Å²) in [5.74, 6) is 0. The molecule has 0 aliphatic carbocycles. The summed E-state index contributed by atoms with van der Waals surface area (Å²) in [7, 11) is 4.56. The van der Waals surface area contributed by atoms with Crippen LogP contribution in [-0.2, 0) is 0 Å². The van der Waals surface area contributed by atoms with Crippen LogP contribution in [0.2, 0.25) is 0 Å². The van der Waals surface area contributed by atoms with E-state index >= 15 is 0 Å². The smallest absolute Gasteiger partial charge is 0.0914 e. The second kappa shape index (κ2) is 5.78. The third-order valence-electron chi connectivity index (χ3n) is 2.67. The zero-order valence-electron chi connectivity index (χ0n) is 7.89. The molecule has 0 N–H and O–H groups in total. The number of halogens is 2. The van der Waals surface area contributed by atoms with Crippen LogP contribution in [0.1, 0.15) is 0 Å². The van der Waals surface area contributed by atoms with Gasteiger partial charge in [-0.2, -0.15) is 0 Å². The van der Waals surface area contributed by atoms with E-state index < -0.39 is 0 Å². The van der Waals surface area contributed by atoms with E-state index in [0.717, 1.165) is 5.33 Å². The van der Waals surface area contributed by atoms with Crippen LogP contribution in [0.4, 0.5) is 0 Å². The normalized spacial score (nSPS) is 23.2. The molecule has 74 valence electrons. The molecule has 0 aromatic rings. The average Bonchev–Trinajstić information content (AvgIpc) is 1.97. The lowest BCUT2D eigenvalue weighted by molar-refractivity contribution is -0.911. The Hall–Kier alpha value is 1.13. The van der Waals surface area contributed by atoms with E-state index in [1.165, 1.54) is 37.2 Å². The Balaban J connectivity index is 0.00000121. The molecule has 0 bridgehead atoms. The van der Waals surface area contributed by atoms with Crippen LogP contribution in [0.3, 0.4) is 0 Å². The van der Waals surface area contributed by atoms with Crippen molar-refractivity contribution in [2.75, 3.05) is 52.1 Å². The average molecular weight is 349 g/mol. The van der Waals surface area contributed by atoms with Gasteiger partial charge in [0.05, 0.1) is 32.0 Å². The van der Waals surface area contributed by atoms with Gasteiger partial charge in [-0.25, -0.2) is 0 Å². The Bertz CT molecular complexity index is 124. The molecule has 1 heterocycles. The molecule has 0 aromatic carbocycles. The first-order valence-corrected chi connectivity index (χ1v) is 5.36. The number of likely N-dealkylation sites (N-methyl/N-ethyl adjacent to an activating group) is 2. The highest BCUT2D eigenvalue weighted by Crippen LogP contribution is 2.08. The molecule has 4 heteroatoms. The van der Waals surface area contributed by atoms with Gasteiger partial charge in [0.2, 0.25) is 0 Å². The van der Waals surface area contributed by atoms with Crippen LogP contribution >= 0.6 is 15.9 Å². The first kappa shape index (κ1) is 13.1. The summed E-state index contributed by atoms with van der Waals surface area (Å²) in [6.45, 7) is 6.39. The zero-order chi connectivity index (χ0) is 8.32. The van der Waals surface area contributed by atoms with Gasteiger partial charge in [-0.3, -0.25) is 4.90 Å². The van der Waals surface area contributed by atoms with Gasteiger partial charge in [0.1, 0.15) is 0 Å². The van der Waals surface area contributed by atoms with E-state index in [1.54, 1.807) is 0 Å². The topological polar surface area (TPSA) is 3.24 Å². The molecule has 1 rings (SSSR count). The van der Waals surface area contributed by atoms with Gasteiger partial charge >= 0.3 is 0 Å². The number of hydrogen-bond acceptors (Lipinski definition) is 1. The SMILES string of the molecule is CN1CC[N+](C)(CCBr)CC1.[I-]. The quantitative estimate of drug-likeness (QED) is 0.310. The highest BCUT2D eigenvalue weighted by atomic mass is 127. The van der Waals surface area contributed by atoms with Crippen molar-refractivity contribution in [3.63, 3.8) is 0 Å². The lowest BCUT2D eigenvalue weighted by atomic mass is 10.3. The zero-order valence-corrected chi connectivity index (χ0v) is 11.6. The number of quaternary nitrogens is 1. The number of piperazine rings is 1. The minimum atomic E-state index is 0. The van der Waals surface area contributed by atoms with Gasteiger partial charge in [-0.1, -0.05) is 15.9 Å². The maximum Gasteiger partial charge on any atom is 0.0914 e. The maximum absolute atomic E-state index is 3.51. The molecule has 12 heavy (non-hydrogen) atoms. The van der Waals surface area contributed by atoms with Crippen molar-refractivity contribution in [1.29, 1.82) is 0 Å². The Labute approximate surface area is 101 Å². The predicted octanol–water partition coefficient (Wildman–Crippen LogP) is -2.22. The lowest BCUT2D eigenvalue weighted by Crippen LogP contribution is -3.00. The molecule has 1 aliphatic heterocycles. The van der Waals surface area contributed by atoms with E-state index in [-0.39, 0.29) is 24.0 Å². The third kappa shape index (κ3) is 3.89. The van der Waals surface area contributed by atoms with Crippen molar-refractivity contribution in [2.24, 2.45) is 0 Å². The third-order valence-corrected chi connectivity index (χ3v) is 3.02. The number of nitrogens with zero attached hydrogens (tertiary/aromatic N) is 2. The van der Waals surface area contributed by atoms with Crippen molar-refractivity contribution in [1.82, 2.24) is 4.90 Å². The van der Waals surface area contributed by atoms with Gasteiger partial charge in [0, 0.05) is 13.1 Å². The molecular weight excluding hydrogens is 331 g/mol. The fourth-order valence-electron chi connectivity index (χ4n) is 1.48. The summed E-state index contributed by atoms with van der Waals surface area (Å²) >= 11 is 3.51. The molecular formula is C8H18BrIN2. The van der Waals surface area contributed by atoms with Gasteiger partial charge in [-0.05, 0) is 7.05 Å². The van der Waals surface area contributed by atoms with Crippen LogP contribution in [0.15, 0.2) is 0 Å². The van der Waals surface area contributed by atoms with E-state index in [4.69, 9.17) is 0 Å². The predicted molar refractivity (Wildman–Crippen MR) is 52.1 cm³/mol. The Morgan fingerprint density at radius 1 is 1.33 bits per heavy atom. The molecule has 0 spiro atoms. The fourth-order valence-corrected chi connectivity index (χ4v) is 2.33. The second-order valence-electron chi connectivity index (χ2n) is 3.78. The van der Waals surface area contributed by atoms with Crippen molar-refractivity contribution >= 4 is 15.9 Å². The van der Waals surface area contributed by atoms with Crippen molar-refractivity contribution in [3.8, 4) is 0 Å². The van der Waals surface area contributed by atoms with E-state index in [0.29, 0.717) is 0 Å². The summed E-state index contributed by atoms with van der Waals surface area (Å²) in [6.07, 6.45) is 0. The number of alkyl halides is 1. The van der Waals surface area contributed by atoms with Crippen LogP contribution in [-0.4, -0.2) is 61.5 Å².